The Hall–Kier alpha value is -1.29. The number of imidazole rings is 1. The summed E-state index contributed by atoms with van der Waals surface area (Å²) < 4.78 is 37.5. The number of phosphoric ester groups is 1. The second kappa shape index (κ2) is 11.3. The van der Waals surface area contributed by atoms with Gasteiger partial charge < -0.3 is 64.7 Å². The minimum absolute atomic E-state index is 0.0467. The molecule has 0 saturated carbocycles. The van der Waals surface area contributed by atoms with Crippen molar-refractivity contribution in [2.45, 2.75) is 55.2 Å². The normalized spacial score (nSPS) is 37.2. The van der Waals surface area contributed by atoms with Crippen molar-refractivity contribution in [3.8, 4) is 0 Å². The summed E-state index contributed by atoms with van der Waals surface area (Å²) in [6.07, 6.45) is -12.9. The number of hydrogen-bond acceptors (Lipinski definition) is 19. The van der Waals surface area contributed by atoms with Crippen LogP contribution >= 0.6 is 14.5 Å². The van der Waals surface area contributed by atoms with Gasteiger partial charge in [0.25, 0.3) is 7.82 Å². The van der Waals surface area contributed by atoms with Gasteiger partial charge in [0, 0.05) is 0 Å². The van der Waals surface area contributed by atoms with E-state index in [0.29, 0.717) is 0 Å². The first-order valence-electron chi connectivity index (χ1n) is 10.7. The molecule has 0 bridgehead atoms. The van der Waals surface area contributed by atoms with Gasteiger partial charge in [0.15, 0.2) is 24.0 Å². The summed E-state index contributed by atoms with van der Waals surface area (Å²) in [6.45, 7) is -6.82. The van der Waals surface area contributed by atoms with Crippen molar-refractivity contribution >= 4 is 43.3 Å². The number of nitrogen functional groups attached to an aromatic ring is 1. The number of aliphatic hydroxyl groups is 6. The molecule has 4 rings (SSSR count). The summed E-state index contributed by atoms with van der Waals surface area (Å²) in [7, 11) is -5.55. The van der Waals surface area contributed by atoms with Crippen molar-refractivity contribution in [3.05, 3.63) is 12.7 Å². The van der Waals surface area contributed by atoms with Crippen LogP contribution in [0.15, 0.2) is 12.7 Å². The highest BCUT2D eigenvalue weighted by Crippen LogP contribution is 2.57. The van der Waals surface area contributed by atoms with Gasteiger partial charge in [0.05, 0.1) is 19.5 Å². The minimum Gasteiger partial charge on any atom is -0.779 e. The Kier molecular flexibility index (Phi) is 8.83. The van der Waals surface area contributed by atoms with Gasteiger partial charge in [0.2, 0.25) is 0 Å². The SMILES string of the molecule is Nc1ncnc2c1ncn2[C@@H]1OC(COP(=O)([O-])OP([O-])(=S)O[C@@H]2OC(CO)C(O)C(O)C2O)[C@@H](O)[C@H]1O. The van der Waals surface area contributed by atoms with E-state index in [9.17, 15) is 45.0 Å². The second-order valence-corrected chi connectivity index (χ2v) is 12.5. The number of anilines is 1. The largest absolute Gasteiger partial charge is 0.779 e. The standard InChI is InChI=1S/C16H25N5O14P2S/c17-13-7-14(19-3-18-13)21(4-20-7)15-11(26)9(24)6(32-15)2-31-36(28,29)35-37(30,38)34-16-12(27)10(25)8(23)5(1-22)33-16/h3-6,8-12,15-16,22-27H,1-2H2,(H,28,29)(H,30,38)(H2,17,18,19)/p-2/t5?,6?,8?,9-,10?,11-,12?,15-,16+,37?/m1/s1. The molecule has 4 heterocycles. The van der Waals surface area contributed by atoms with E-state index in [1.54, 1.807) is 0 Å². The van der Waals surface area contributed by atoms with Crippen LogP contribution in [-0.4, -0.2) is 112 Å². The van der Waals surface area contributed by atoms with Crippen molar-refractivity contribution in [2.24, 2.45) is 0 Å². The molecule has 8 N–H and O–H groups in total. The van der Waals surface area contributed by atoms with E-state index in [2.05, 4.69) is 35.6 Å². The van der Waals surface area contributed by atoms with Crippen LogP contribution in [0.4, 0.5) is 5.82 Å². The number of nitrogens with zero attached hydrogens (tertiary/aromatic N) is 4. The summed E-state index contributed by atoms with van der Waals surface area (Å²) in [5, 5.41) is 59.4. The predicted octanol–water partition coefficient (Wildman–Crippen LogP) is -5.07. The van der Waals surface area contributed by atoms with Gasteiger partial charge in [-0.05, 0) is 0 Å². The number of hydrogen-bond donors (Lipinski definition) is 7. The number of nitrogens with two attached hydrogens (primary N) is 1. The molecule has 214 valence electrons. The first-order valence-corrected chi connectivity index (χ1v) is 14.7. The molecular formula is C16H23N5O14P2S-2. The average molecular weight is 603 g/mol. The molecule has 38 heavy (non-hydrogen) atoms. The molecule has 2 aliphatic rings. The summed E-state index contributed by atoms with van der Waals surface area (Å²) in [5.74, 6) is 0.0467. The molecule has 2 aromatic rings. The lowest BCUT2D eigenvalue weighted by atomic mass is 10.00. The molecular weight excluding hydrogens is 580 g/mol. The summed E-state index contributed by atoms with van der Waals surface area (Å²) in [4.78, 5) is 36.5. The van der Waals surface area contributed by atoms with Gasteiger partial charge in [0.1, 0.15) is 61.3 Å². The molecule has 19 nitrogen and oxygen atoms in total. The molecule has 2 saturated heterocycles. The van der Waals surface area contributed by atoms with E-state index in [1.165, 1.54) is 10.9 Å². The van der Waals surface area contributed by atoms with Crippen molar-refractivity contribution in [2.75, 3.05) is 18.9 Å². The van der Waals surface area contributed by atoms with Gasteiger partial charge in [-0.25, -0.2) is 15.0 Å². The highest BCUT2D eigenvalue weighted by molar-refractivity contribution is 8.07. The molecule has 0 radical (unpaired) electrons. The second-order valence-electron chi connectivity index (χ2n) is 8.20. The Balaban J connectivity index is 1.38. The Bertz CT molecular complexity index is 1240. The Morgan fingerprint density at radius 1 is 1.03 bits per heavy atom. The van der Waals surface area contributed by atoms with Gasteiger partial charge >= 0.3 is 0 Å². The Morgan fingerprint density at radius 3 is 2.39 bits per heavy atom. The Morgan fingerprint density at radius 2 is 1.71 bits per heavy atom. The molecule has 7 unspecified atom stereocenters. The van der Waals surface area contributed by atoms with Crippen LogP contribution in [0.2, 0.25) is 0 Å². The smallest absolute Gasteiger partial charge is 0.272 e. The molecule has 0 amide bonds. The molecule has 11 atom stereocenters. The number of aliphatic hydroxyl groups excluding tert-OH is 6. The zero-order chi connectivity index (χ0) is 28.0. The van der Waals surface area contributed by atoms with Crippen LogP contribution in [-0.2, 0) is 39.2 Å². The number of ether oxygens (including phenoxy) is 2. The van der Waals surface area contributed by atoms with Crippen LogP contribution in [0.1, 0.15) is 6.23 Å². The molecule has 22 heteroatoms. The van der Waals surface area contributed by atoms with E-state index < -0.39 is 83.0 Å². The van der Waals surface area contributed by atoms with Crippen molar-refractivity contribution < 1.29 is 67.8 Å². The van der Waals surface area contributed by atoms with Crippen molar-refractivity contribution in [1.82, 2.24) is 19.5 Å². The van der Waals surface area contributed by atoms with Crippen LogP contribution in [0, 0.1) is 0 Å². The quantitative estimate of drug-likeness (QED) is 0.132. The van der Waals surface area contributed by atoms with Crippen LogP contribution in [0.5, 0.6) is 0 Å². The highest BCUT2D eigenvalue weighted by Gasteiger charge is 2.46. The van der Waals surface area contributed by atoms with Crippen LogP contribution < -0.4 is 15.5 Å². The van der Waals surface area contributed by atoms with E-state index >= 15 is 0 Å². The first-order chi connectivity index (χ1) is 17.7. The maximum atomic E-state index is 12.5. The lowest BCUT2D eigenvalue weighted by Gasteiger charge is -2.43. The topological polar surface area (TPSA) is 300 Å². The van der Waals surface area contributed by atoms with Gasteiger partial charge in [-0.2, -0.15) is 0 Å². The van der Waals surface area contributed by atoms with Crippen LogP contribution in [0.3, 0.4) is 0 Å². The zero-order valence-corrected chi connectivity index (χ0v) is 21.5. The van der Waals surface area contributed by atoms with Crippen molar-refractivity contribution in [3.63, 3.8) is 0 Å². The number of phosphoric acid groups is 1. The molecule has 0 aromatic carbocycles. The summed E-state index contributed by atoms with van der Waals surface area (Å²) in [6, 6.07) is 0. The molecule has 0 spiro atoms. The molecule has 2 aliphatic heterocycles. The fourth-order valence-corrected chi connectivity index (χ4v) is 6.83. The molecule has 2 fully saturated rings. The van der Waals surface area contributed by atoms with Crippen molar-refractivity contribution in [1.29, 1.82) is 0 Å². The zero-order valence-electron chi connectivity index (χ0n) is 18.9. The van der Waals surface area contributed by atoms with Gasteiger partial charge in [-0.3, -0.25) is 13.4 Å². The number of rotatable bonds is 9. The van der Waals surface area contributed by atoms with E-state index in [1.807, 2.05) is 0 Å². The van der Waals surface area contributed by atoms with Gasteiger partial charge in [-0.1, -0.05) is 11.8 Å². The summed E-state index contributed by atoms with van der Waals surface area (Å²) >= 11 is 4.50. The fraction of sp³-hybridized carbons (Fsp3) is 0.688. The van der Waals surface area contributed by atoms with E-state index in [-0.39, 0.29) is 17.0 Å². The van der Waals surface area contributed by atoms with E-state index in [0.717, 1.165) is 6.33 Å². The third-order valence-electron chi connectivity index (χ3n) is 5.68. The van der Waals surface area contributed by atoms with Gasteiger partial charge in [-0.15, -0.1) is 0 Å². The fourth-order valence-electron chi connectivity index (χ4n) is 3.76. The lowest BCUT2D eigenvalue weighted by Crippen LogP contribution is -2.59. The molecule has 2 aromatic heterocycles. The minimum atomic E-state index is -5.55. The maximum absolute atomic E-state index is 12.5. The summed E-state index contributed by atoms with van der Waals surface area (Å²) in [5.41, 5.74) is 6.07. The first kappa shape index (κ1) is 29.7. The third-order valence-corrected chi connectivity index (χ3v) is 9.07. The van der Waals surface area contributed by atoms with Crippen LogP contribution in [0.25, 0.3) is 11.2 Å². The average Bonchev–Trinajstić information content (AvgIpc) is 3.39. The predicted molar refractivity (Wildman–Crippen MR) is 119 cm³/mol. The van der Waals surface area contributed by atoms with E-state index in [4.69, 9.17) is 19.7 Å². The highest BCUT2D eigenvalue weighted by atomic mass is 32.5. The number of fused-ring (bicyclic) bond motifs is 1. The number of aromatic nitrogens is 4. The maximum Gasteiger partial charge on any atom is 0.272 e. The monoisotopic (exact) mass is 603 g/mol. The third kappa shape index (κ3) is 6.06. The lowest BCUT2D eigenvalue weighted by molar-refractivity contribution is -0.298. The molecule has 0 aliphatic carbocycles. The Labute approximate surface area is 217 Å².